The van der Waals surface area contributed by atoms with E-state index in [4.69, 9.17) is 14.2 Å². The molecular formula is C26H26N2O8S2. The van der Waals surface area contributed by atoms with E-state index in [9.17, 15) is 23.1 Å². The quantitative estimate of drug-likeness (QED) is 0.402. The number of esters is 1. The highest BCUT2D eigenvalue weighted by atomic mass is 32.2. The molecule has 4 rings (SSSR count). The first-order valence-corrected chi connectivity index (χ1v) is 13.8. The number of methoxy groups -OCH3 is 2. The Kier molecular flexibility index (Phi) is 7.47. The minimum absolute atomic E-state index is 0.0198. The lowest BCUT2D eigenvalue weighted by atomic mass is 10.1. The van der Waals surface area contributed by atoms with Gasteiger partial charge in [0.15, 0.2) is 22.4 Å². The number of anilines is 1. The Morgan fingerprint density at radius 1 is 1.11 bits per heavy atom. The van der Waals surface area contributed by atoms with Crippen molar-refractivity contribution >= 4 is 38.2 Å². The zero-order valence-electron chi connectivity index (χ0n) is 21.3. The average molecular weight is 559 g/mol. The topological polar surface area (TPSA) is 132 Å². The van der Waals surface area contributed by atoms with Gasteiger partial charge in [-0.05, 0) is 50.6 Å². The lowest BCUT2D eigenvalue weighted by molar-refractivity contribution is -0.117. The van der Waals surface area contributed by atoms with Crippen LogP contribution in [0.2, 0.25) is 0 Å². The van der Waals surface area contributed by atoms with Crippen molar-refractivity contribution in [2.45, 2.75) is 31.7 Å². The highest BCUT2D eigenvalue weighted by Gasteiger charge is 2.49. The molecule has 0 radical (unpaired) electrons. The molecule has 3 aromatic rings. The Morgan fingerprint density at radius 2 is 1.79 bits per heavy atom. The molecule has 12 heteroatoms. The van der Waals surface area contributed by atoms with Gasteiger partial charge < -0.3 is 19.3 Å². The summed E-state index contributed by atoms with van der Waals surface area (Å²) in [7, 11) is -1.71. The standard InChI is InChI=1S/C26H26N2O8S2/c1-6-36-18-12-9-16(13-19(18)34-4)20-23(38(32,33)17-10-7-14(2)8-11-17)21(29)24(30)28(20)26-27-15(3)22(37-26)25(31)35-5/h7-13,20,29H,6H2,1-5H3/t20-/m0/s1. The number of aryl methyl sites for hydroxylation is 2. The number of thiazole rings is 1. The third-order valence-corrected chi connectivity index (χ3v) is 8.97. The summed E-state index contributed by atoms with van der Waals surface area (Å²) >= 11 is 0.856. The van der Waals surface area contributed by atoms with E-state index in [0.717, 1.165) is 21.8 Å². The Morgan fingerprint density at radius 3 is 2.39 bits per heavy atom. The molecule has 1 aliphatic rings. The molecule has 1 atom stereocenters. The zero-order chi connectivity index (χ0) is 27.8. The van der Waals surface area contributed by atoms with Crippen LogP contribution in [0.15, 0.2) is 58.0 Å². The van der Waals surface area contributed by atoms with Gasteiger partial charge >= 0.3 is 5.97 Å². The normalized spacial score (nSPS) is 15.7. The van der Waals surface area contributed by atoms with Crippen LogP contribution in [0.5, 0.6) is 11.5 Å². The highest BCUT2D eigenvalue weighted by molar-refractivity contribution is 7.95. The molecule has 0 bridgehead atoms. The number of carbonyl (C=O) groups is 2. The second kappa shape index (κ2) is 10.5. The fourth-order valence-electron chi connectivity index (χ4n) is 4.10. The van der Waals surface area contributed by atoms with Crippen LogP contribution >= 0.6 is 11.3 Å². The minimum atomic E-state index is -4.36. The van der Waals surface area contributed by atoms with Crippen molar-refractivity contribution in [1.82, 2.24) is 4.98 Å². The van der Waals surface area contributed by atoms with Crippen molar-refractivity contribution in [2.75, 3.05) is 25.7 Å². The number of sulfone groups is 1. The first-order chi connectivity index (χ1) is 18.0. The second-order valence-electron chi connectivity index (χ2n) is 8.35. The molecule has 0 saturated heterocycles. The summed E-state index contributed by atoms with van der Waals surface area (Å²) in [5.41, 5.74) is 1.45. The van der Waals surface area contributed by atoms with Gasteiger partial charge in [-0.3, -0.25) is 9.69 Å². The van der Waals surface area contributed by atoms with E-state index in [0.29, 0.717) is 29.4 Å². The molecule has 1 aromatic heterocycles. The Bertz CT molecular complexity index is 1540. The lowest BCUT2D eigenvalue weighted by Crippen LogP contribution is -2.31. The number of ether oxygens (including phenoxy) is 3. The Hall–Kier alpha value is -3.90. The molecule has 2 aromatic carbocycles. The van der Waals surface area contributed by atoms with Crippen LogP contribution in [0.25, 0.3) is 0 Å². The third kappa shape index (κ3) is 4.61. The zero-order valence-corrected chi connectivity index (χ0v) is 23.0. The van der Waals surface area contributed by atoms with E-state index < -0.39 is 38.4 Å². The van der Waals surface area contributed by atoms with E-state index in [1.165, 1.54) is 26.4 Å². The van der Waals surface area contributed by atoms with Crippen molar-refractivity contribution in [1.29, 1.82) is 0 Å². The minimum Gasteiger partial charge on any atom is -0.502 e. The predicted octanol–water partition coefficient (Wildman–Crippen LogP) is 4.29. The number of nitrogens with zero attached hydrogens (tertiary/aromatic N) is 2. The van der Waals surface area contributed by atoms with E-state index in [-0.39, 0.29) is 14.9 Å². The van der Waals surface area contributed by atoms with Gasteiger partial charge in [0.05, 0.1) is 31.4 Å². The predicted molar refractivity (Wildman–Crippen MR) is 141 cm³/mol. The van der Waals surface area contributed by atoms with Gasteiger partial charge in [-0.1, -0.05) is 35.1 Å². The van der Waals surface area contributed by atoms with E-state index >= 15 is 0 Å². The number of carbonyl (C=O) groups excluding carboxylic acids is 2. The number of amides is 1. The van der Waals surface area contributed by atoms with Crippen LogP contribution in [0, 0.1) is 13.8 Å². The molecule has 1 aliphatic heterocycles. The van der Waals surface area contributed by atoms with Crippen molar-refractivity contribution in [2.24, 2.45) is 0 Å². The maximum absolute atomic E-state index is 13.9. The van der Waals surface area contributed by atoms with Crippen molar-refractivity contribution in [3.8, 4) is 11.5 Å². The number of hydrogen-bond acceptors (Lipinski definition) is 10. The van der Waals surface area contributed by atoms with Crippen LogP contribution in [-0.4, -0.2) is 51.2 Å². The fraction of sp³-hybridized carbons (Fsp3) is 0.269. The van der Waals surface area contributed by atoms with Crippen LogP contribution in [0.3, 0.4) is 0 Å². The van der Waals surface area contributed by atoms with Gasteiger partial charge in [0.25, 0.3) is 5.91 Å². The largest absolute Gasteiger partial charge is 0.502 e. The summed E-state index contributed by atoms with van der Waals surface area (Å²) in [5, 5.41) is 11.0. The van der Waals surface area contributed by atoms with Crippen LogP contribution < -0.4 is 14.4 Å². The molecule has 200 valence electrons. The Balaban J connectivity index is 1.95. The number of aliphatic hydroxyl groups is 1. The number of aliphatic hydroxyl groups excluding tert-OH is 1. The summed E-state index contributed by atoms with van der Waals surface area (Å²) in [5.74, 6) is -1.83. The molecule has 0 saturated carbocycles. The van der Waals surface area contributed by atoms with E-state index in [2.05, 4.69) is 4.98 Å². The van der Waals surface area contributed by atoms with Crippen molar-refractivity contribution < 1.29 is 37.3 Å². The van der Waals surface area contributed by atoms with E-state index in [1.807, 2.05) is 6.92 Å². The Labute approximate surface area is 224 Å². The molecule has 0 unspecified atom stereocenters. The summed E-state index contributed by atoms with van der Waals surface area (Å²) in [6, 6.07) is 9.49. The number of rotatable bonds is 8. The molecule has 2 heterocycles. The molecule has 0 spiro atoms. The van der Waals surface area contributed by atoms with Gasteiger partial charge in [-0.15, -0.1) is 0 Å². The van der Waals surface area contributed by atoms with Gasteiger partial charge in [-0.2, -0.15) is 0 Å². The van der Waals surface area contributed by atoms with Crippen molar-refractivity contribution in [3.63, 3.8) is 0 Å². The molecular weight excluding hydrogens is 532 g/mol. The maximum atomic E-state index is 13.9. The fourth-order valence-corrected chi connectivity index (χ4v) is 6.73. The van der Waals surface area contributed by atoms with Gasteiger partial charge in [0.1, 0.15) is 15.8 Å². The molecule has 38 heavy (non-hydrogen) atoms. The third-order valence-electron chi connectivity index (χ3n) is 5.95. The number of aromatic nitrogens is 1. The molecule has 10 nitrogen and oxygen atoms in total. The van der Waals surface area contributed by atoms with Gasteiger partial charge in [0, 0.05) is 0 Å². The van der Waals surface area contributed by atoms with Crippen LogP contribution in [-0.2, 0) is 19.4 Å². The summed E-state index contributed by atoms with van der Waals surface area (Å²) in [4.78, 5) is 30.7. The van der Waals surface area contributed by atoms with Gasteiger partial charge in [0.2, 0.25) is 9.84 Å². The van der Waals surface area contributed by atoms with E-state index in [1.54, 1.807) is 44.2 Å². The summed E-state index contributed by atoms with van der Waals surface area (Å²) in [6.07, 6.45) is 0. The SMILES string of the molecule is CCOc1ccc([C@H]2C(S(=O)(=O)c3ccc(C)cc3)=C(O)C(=O)N2c2nc(C)c(C(=O)OC)s2)cc1OC. The maximum Gasteiger partial charge on any atom is 0.350 e. The lowest BCUT2D eigenvalue weighted by Gasteiger charge is -2.25. The van der Waals surface area contributed by atoms with Crippen molar-refractivity contribution in [3.05, 3.63) is 74.8 Å². The summed E-state index contributed by atoms with van der Waals surface area (Å²) in [6.45, 7) is 5.55. The van der Waals surface area contributed by atoms with Gasteiger partial charge in [-0.25, -0.2) is 18.2 Å². The molecule has 0 aliphatic carbocycles. The summed E-state index contributed by atoms with van der Waals surface area (Å²) < 4.78 is 43.6. The first kappa shape index (κ1) is 27.1. The monoisotopic (exact) mass is 558 g/mol. The smallest absolute Gasteiger partial charge is 0.350 e. The molecule has 1 N–H and O–H groups in total. The average Bonchev–Trinajstić information content (AvgIpc) is 3.41. The molecule has 1 amide bonds. The highest BCUT2D eigenvalue weighted by Crippen LogP contribution is 2.47. The molecule has 0 fully saturated rings. The second-order valence-corrected chi connectivity index (χ2v) is 11.2. The number of benzene rings is 2. The first-order valence-electron chi connectivity index (χ1n) is 11.5. The van der Waals surface area contributed by atoms with Crippen LogP contribution in [0.4, 0.5) is 5.13 Å². The van der Waals surface area contributed by atoms with Crippen LogP contribution in [0.1, 0.15) is 39.5 Å². The number of hydrogen-bond donors (Lipinski definition) is 1.